The molecule has 3 aromatic rings. The van der Waals surface area contributed by atoms with E-state index in [0.29, 0.717) is 0 Å². The fourth-order valence-electron chi connectivity index (χ4n) is 3.54. The van der Waals surface area contributed by atoms with Crippen LogP contribution in [0.5, 0.6) is 5.75 Å². The van der Waals surface area contributed by atoms with Gasteiger partial charge in [-0.3, -0.25) is 23.4 Å². The first kappa shape index (κ1) is 29.4. The minimum Gasteiger partial charge on any atom is -0.423 e. The molecule has 1 aliphatic rings. The lowest BCUT2D eigenvalue weighted by Gasteiger charge is -2.21. The van der Waals surface area contributed by atoms with Gasteiger partial charge < -0.3 is 24.2 Å². The molecular weight excluding hydrogens is 673 g/mol. The number of nitrogens with one attached hydrogen (secondary N) is 1. The highest BCUT2D eigenvalue weighted by atomic mass is 127. The summed E-state index contributed by atoms with van der Waals surface area (Å²) in [6.07, 6.45) is -6.22. The topological polar surface area (TPSA) is 193 Å². The molecule has 2 aromatic carbocycles. The molecule has 14 nitrogen and oxygen atoms in total. The first-order valence-electron chi connectivity index (χ1n) is 11.1. The number of hydrogen-bond donors (Lipinski definition) is 3. The summed E-state index contributed by atoms with van der Waals surface area (Å²) in [4.78, 5) is 48.6. The SMILES string of the molecule is O=C(Oc1ccccc1)O[C@H]1C(O)[C@@H](COP(=O)(I)OP(=O)(O)c2ccccc2)O[C@H]1n1ccc(=O)[nH]c1=O. The van der Waals surface area contributed by atoms with E-state index in [2.05, 4.69) is 0 Å². The quantitative estimate of drug-likeness (QED) is 0.129. The Morgan fingerprint density at radius 1 is 1.05 bits per heavy atom. The number of ether oxygens (including phenoxy) is 3. The number of aromatic nitrogens is 2. The van der Waals surface area contributed by atoms with E-state index < -0.39 is 61.4 Å². The van der Waals surface area contributed by atoms with Gasteiger partial charge in [0.15, 0.2) is 12.3 Å². The summed E-state index contributed by atoms with van der Waals surface area (Å²) in [5, 5.41) is 6.52. The van der Waals surface area contributed by atoms with Gasteiger partial charge in [0.1, 0.15) is 18.0 Å². The number of carbonyl (C=O) groups excluding carboxylic acids is 1. The Kier molecular flexibility index (Phi) is 9.24. The van der Waals surface area contributed by atoms with E-state index in [9.17, 15) is 33.5 Å². The van der Waals surface area contributed by atoms with Crippen molar-refractivity contribution in [1.29, 1.82) is 0 Å². The number of para-hydroxylation sites is 1. The highest BCUT2D eigenvalue weighted by molar-refractivity contribution is 14.2. The monoisotopic (exact) mass is 694 g/mol. The number of aromatic amines is 1. The molecule has 0 bridgehead atoms. The van der Waals surface area contributed by atoms with Gasteiger partial charge in [0, 0.05) is 12.3 Å². The van der Waals surface area contributed by atoms with Gasteiger partial charge in [0.25, 0.3) is 5.56 Å². The normalized spacial score (nSPS) is 23.9. The lowest BCUT2D eigenvalue weighted by molar-refractivity contribution is -0.0589. The van der Waals surface area contributed by atoms with Gasteiger partial charge in [-0.2, -0.15) is 0 Å². The fourth-order valence-corrected chi connectivity index (χ4v) is 8.66. The fraction of sp³-hybridized carbons (Fsp3) is 0.227. The second-order valence-corrected chi connectivity index (χ2v) is 14.9. The molecule has 1 aliphatic heterocycles. The van der Waals surface area contributed by atoms with Crippen molar-refractivity contribution in [2.45, 2.75) is 24.5 Å². The Morgan fingerprint density at radius 3 is 2.33 bits per heavy atom. The van der Waals surface area contributed by atoms with E-state index in [0.717, 1.165) is 16.8 Å². The predicted molar refractivity (Wildman–Crippen MR) is 143 cm³/mol. The molecule has 0 saturated carbocycles. The van der Waals surface area contributed by atoms with Crippen molar-refractivity contribution in [1.82, 2.24) is 9.55 Å². The van der Waals surface area contributed by atoms with E-state index in [-0.39, 0.29) is 11.1 Å². The molecule has 17 heteroatoms. The summed E-state index contributed by atoms with van der Waals surface area (Å²) >= 11 is 1.23. The highest BCUT2D eigenvalue weighted by Gasteiger charge is 2.49. The van der Waals surface area contributed by atoms with Crippen LogP contribution in [-0.2, 0) is 27.4 Å². The van der Waals surface area contributed by atoms with Crippen LogP contribution in [0.25, 0.3) is 0 Å². The Balaban J connectivity index is 1.50. The van der Waals surface area contributed by atoms with Gasteiger partial charge in [-0.05, 0) is 24.3 Å². The lowest BCUT2D eigenvalue weighted by atomic mass is 10.1. The van der Waals surface area contributed by atoms with Gasteiger partial charge in [0.2, 0.25) is 0 Å². The van der Waals surface area contributed by atoms with Crippen LogP contribution in [0.3, 0.4) is 0 Å². The van der Waals surface area contributed by atoms with Crippen molar-refractivity contribution in [3.05, 3.63) is 93.8 Å². The molecule has 4 rings (SSSR count). The van der Waals surface area contributed by atoms with Gasteiger partial charge in [-0.1, -0.05) is 36.4 Å². The van der Waals surface area contributed by atoms with Crippen LogP contribution in [0.1, 0.15) is 6.23 Å². The molecule has 39 heavy (non-hydrogen) atoms. The second kappa shape index (κ2) is 12.3. The average molecular weight is 694 g/mol. The molecule has 1 saturated heterocycles. The van der Waals surface area contributed by atoms with Gasteiger partial charge in [-0.15, -0.1) is 0 Å². The lowest BCUT2D eigenvalue weighted by Crippen LogP contribution is -2.41. The first-order chi connectivity index (χ1) is 18.4. The smallest absolute Gasteiger partial charge is 0.423 e. The van der Waals surface area contributed by atoms with E-state index in [1.165, 1.54) is 58.4 Å². The number of aliphatic hydroxyl groups is 1. The minimum atomic E-state index is -4.54. The van der Waals surface area contributed by atoms with Crippen LogP contribution in [0.2, 0.25) is 0 Å². The molecule has 1 fully saturated rings. The van der Waals surface area contributed by atoms with Crippen molar-refractivity contribution in [3.63, 3.8) is 0 Å². The van der Waals surface area contributed by atoms with E-state index in [4.69, 9.17) is 23.0 Å². The standard InChI is InChI=1S/C22H21IN2O12P2/c23-39(32,37-38(30,31)15-9-5-2-6-10-15)33-13-16-18(27)19(36-22(29)34-14-7-3-1-4-8-14)20(35-16)25-12-11-17(26)24-21(25)28/h1-12,16,18-20,27H,13H2,(H,30,31)(H,24,26,28)/t16-,18?,19+,20-,39?/m1/s1. The third-order valence-corrected chi connectivity index (χ3v) is 10.8. The van der Waals surface area contributed by atoms with Crippen molar-refractivity contribution in [2.24, 2.45) is 0 Å². The van der Waals surface area contributed by atoms with Crippen LogP contribution in [0.4, 0.5) is 4.79 Å². The predicted octanol–water partition coefficient (Wildman–Crippen LogP) is 2.47. The number of halogens is 1. The number of rotatable bonds is 9. The van der Waals surface area contributed by atoms with Crippen molar-refractivity contribution in [2.75, 3.05) is 6.61 Å². The van der Waals surface area contributed by atoms with Crippen LogP contribution < -0.4 is 21.3 Å². The summed E-state index contributed by atoms with van der Waals surface area (Å²) < 4.78 is 52.4. The van der Waals surface area contributed by atoms with Gasteiger partial charge in [-0.25, -0.2) is 18.5 Å². The number of aliphatic hydroxyl groups excluding tert-OH is 1. The molecular formula is C22H21IN2O12P2. The van der Waals surface area contributed by atoms with Crippen molar-refractivity contribution >= 4 is 46.3 Å². The highest BCUT2D eigenvalue weighted by Crippen LogP contribution is 2.67. The molecule has 0 amide bonds. The van der Waals surface area contributed by atoms with Crippen LogP contribution in [-0.4, -0.2) is 50.6 Å². The Morgan fingerprint density at radius 2 is 1.69 bits per heavy atom. The van der Waals surface area contributed by atoms with Crippen molar-refractivity contribution < 1.29 is 47.0 Å². The summed E-state index contributed by atoms with van der Waals surface area (Å²) in [5.74, 6) is 0.142. The number of hydrogen-bond acceptors (Lipinski definition) is 11. The average Bonchev–Trinajstić information content (AvgIpc) is 3.18. The summed E-state index contributed by atoms with van der Waals surface area (Å²) in [6, 6.07) is 16.1. The minimum absolute atomic E-state index is 0.120. The molecule has 0 aliphatic carbocycles. The third-order valence-electron chi connectivity index (χ3n) is 5.30. The molecule has 3 unspecified atom stereocenters. The molecule has 1 aromatic heterocycles. The number of carbonyl (C=O) groups is 1. The van der Waals surface area contributed by atoms with Gasteiger partial charge in [0.05, 0.1) is 34.0 Å². The summed E-state index contributed by atoms with van der Waals surface area (Å²) in [6.45, 7) is -0.668. The molecule has 0 spiro atoms. The van der Waals surface area contributed by atoms with Gasteiger partial charge >= 0.3 is 24.7 Å². The maximum Gasteiger partial charge on any atom is 0.514 e. The number of nitrogens with zero attached hydrogens (tertiary/aromatic N) is 1. The summed E-state index contributed by atoms with van der Waals surface area (Å²) in [5.41, 5.74) is -1.64. The Hall–Kier alpha value is -2.62. The van der Waals surface area contributed by atoms with Crippen LogP contribution in [0.15, 0.2) is 82.5 Å². The number of benzene rings is 2. The maximum atomic E-state index is 12.8. The zero-order chi connectivity index (χ0) is 28.2. The first-order valence-corrected chi connectivity index (χ1v) is 17.0. The summed E-state index contributed by atoms with van der Waals surface area (Å²) in [7, 11) is -4.54. The molecule has 6 atom stereocenters. The van der Waals surface area contributed by atoms with Crippen LogP contribution in [0, 0.1) is 0 Å². The van der Waals surface area contributed by atoms with E-state index in [1.807, 2.05) is 4.98 Å². The number of H-pyrrole nitrogens is 1. The zero-order valence-electron chi connectivity index (χ0n) is 19.6. The molecule has 0 radical (unpaired) electrons. The molecule has 2 heterocycles. The Labute approximate surface area is 233 Å². The second-order valence-electron chi connectivity index (χ2n) is 7.98. The Bertz CT molecular complexity index is 1520. The van der Waals surface area contributed by atoms with E-state index in [1.54, 1.807) is 24.3 Å². The largest absolute Gasteiger partial charge is 0.514 e. The maximum absolute atomic E-state index is 12.8. The van der Waals surface area contributed by atoms with Crippen molar-refractivity contribution in [3.8, 4) is 5.75 Å². The zero-order valence-corrected chi connectivity index (χ0v) is 23.6. The molecule has 3 N–H and O–H groups in total. The van der Waals surface area contributed by atoms with Crippen LogP contribution >= 0.6 is 34.9 Å². The third kappa shape index (κ3) is 7.52. The molecule has 208 valence electrons. The van der Waals surface area contributed by atoms with E-state index >= 15 is 0 Å².